The molecule has 3 rings (SSSR count). The quantitative estimate of drug-likeness (QED) is 0.880. The molecule has 1 fully saturated rings. The van der Waals surface area contributed by atoms with Crippen LogP contribution in [0.5, 0.6) is 0 Å². The second kappa shape index (κ2) is 6.49. The molecule has 0 spiro atoms. The maximum absolute atomic E-state index is 12.1. The molecule has 110 valence electrons. The fourth-order valence-corrected chi connectivity index (χ4v) is 2.55. The highest BCUT2D eigenvalue weighted by atomic mass is 16.2. The van der Waals surface area contributed by atoms with Gasteiger partial charge in [0, 0.05) is 5.69 Å². The monoisotopic (exact) mass is 285 g/mol. The molecule has 1 saturated heterocycles. The molecule has 6 heteroatoms. The minimum atomic E-state index is -0.0770. The van der Waals surface area contributed by atoms with E-state index in [0.29, 0.717) is 6.54 Å². The molecule has 0 radical (unpaired) electrons. The van der Waals surface area contributed by atoms with E-state index in [4.69, 9.17) is 0 Å². The summed E-state index contributed by atoms with van der Waals surface area (Å²) in [6.45, 7) is 1.30. The molecule has 6 nitrogen and oxygen atoms in total. The summed E-state index contributed by atoms with van der Waals surface area (Å²) in [7, 11) is 0. The third-order valence-electron chi connectivity index (χ3n) is 3.70. The second-order valence-corrected chi connectivity index (χ2v) is 5.17. The van der Waals surface area contributed by atoms with E-state index >= 15 is 0 Å². The summed E-state index contributed by atoms with van der Waals surface area (Å²) < 4.78 is 1.88. The van der Waals surface area contributed by atoms with Crippen LogP contribution in [0.4, 0.5) is 0 Å². The Morgan fingerprint density at radius 1 is 1.33 bits per heavy atom. The summed E-state index contributed by atoms with van der Waals surface area (Å²) in [5, 5.41) is 14.2. The van der Waals surface area contributed by atoms with Crippen LogP contribution in [-0.2, 0) is 11.3 Å². The number of amides is 1. The van der Waals surface area contributed by atoms with Gasteiger partial charge in [0.25, 0.3) is 0 Å². The summed E-state index contributed by atoms with van der Waals surface area (Å²) in [6.07, 6.45) is 4.81. The predicted molar refractivity (Wildman–Crippen MR) is 78.8 cm³/mol. The highest BCUT2D eigenvalue weighted by Crippen LogP contribution is 2.10. The number of para-hydroxylation sites is 1. The molecule has 0 bridgehead atoms. The van der Waals surface area contributed by atoms with Crippen molar-refractivity contribution in [1.82, 2.24) is 25.4 Å². The third-order valence-corrected chi connectivity index (χ3v) is 3.70. The maximum Gasteiger partial charge on any atom is 0.237 e. The molecular formula is C15H19N5O. The highest BCUT2D eigenvalue weighted by molar-refractivity contribution is 5.81. The van der Waals surface area contributed by atoms with E-state index in [1.165, 1.54) is 0 Å². The number of hydrogen-bond acceptors (Lipinski definition) is 4. The third kappa shape index (κ3) is 3.28. The summed E-state index contributed by atoms with van der Waals surface area (Å²) in [5.74, 6) is 0.766. The lowest BCUT2D eigenvalue weighted by Crippen LogP contribution is -2.46. The molecule has 1 aliphatic heterocycles. The van der Waals surface area contributed by atoms with Crippen LogP contribution in [-0.4, -0.2) is 33.3 Å². The van der Waals surface area contributed by atoms with E-state index in [9.17, 15) is 4.79 Å². The number of benzene rings is 1. The van der Waals surface area contributed by atoms with Crippen LogP contribution in [0.15, 0.2) is 36.7 Å². The topological polar surface area (TPSA) is 71.8 Å². The first-order valence-electron chi connectivity index (χ1n) is 7.30. The fraction of sp³-hybridized carbons (Fsp3) is 0.400. The van der Waals surface area contributed by atoms with E-state index in [1.54, 1.807) is 6.33 Å². The first kappa shape index (κ1) is 13.8. The van der Waals surface area contributed by atoms with E-state index in [0.717, 1.165) is 37.3 Å². The van der Waals surface area contributed by atoms with Crippen LogP contribution in [0.3, 0.4) is 0 Å². The molecule has 21 heavy (non-hydrogen) atoms. The van der Waals surface area contributed by atoms with Crippen molar-refractivity contribution in [3.05, 3.63) is 42.5 Å². The Morgan fingerprint density at radius 2 is 2.19 bits per heavy atom. The van der Waals surface area contributed by atoms with Gasteiger partial charge in [-0.05, 0) is 31.5 Å². The average Bonchev–Trinajstić information content (AvgIpc) is 3.03. The highest BCUT2D eigenvalue weighted by Gasteiger charge is 2.20. The standard InChI is InChI=1S/C15H19N5O/c21-15(13-8-4-5-9-16-13)17-10-14-19-18-11-20(14)12-6-2-1-3-7-12/h1-3,6-7,11,13,16H,4-5,8-10H2,(H,17,21). The zero-order valence-electron chi connectivity index (χ0n) is 11.8. The first-order chi connectivity index (χ1) is 10.3. The van der Waals surface area contributed by atoms with Crippen molar-refractivity contribution in [3.63, 3.8) is 0 Å². The van der Waals surface area contributed by atoms with Crippen molar-refractivity contribution in [3.8, 4) is 5.69 Å². The Balaban J connectivity index is 1.63. The van der Waals surface area contributed by atoms with Crippen molar-refractivity contribution >= 4 is 5.91 Å². The maximum atomic E-state index is 12.1. The predicted octanol–water partition coefficient (Wildman–Crippen LogP) is 1.03. The summed E-state index contributed by atoms with van der Waals surface area (Å²) in [4.78, 5) is 12.1. The minimum Gasteiger partial charge on any atom is -0.347 e. The van der Waals surface area contributed by atoms with E-state index in [-0.39, 0.29) is 11.9 Å². The minimum absolute atomic E-state index is 0.0392. The summed E-state index contributed by atoms with van der Waals surface area (Å²) >= 11 is 0. The van der Waals surface area contributed by atoms with Gasteiger partial charge in [0.2, 0.25) is 5.91 Å². The number of rotatable bonds is 4. The second-order valence-electron chi connectivity index (χ2n) is 5.17. The van der Waals surface area contributed by atoms with Gasteiger partial charge in [0.1, 0.15) is 6.33 Å². The Labute approximate surface area is 123 Å². The van der Waals surface area contributed by atoms with Crippen molar-refractivity contribution < 1.29 is 4.79 Å². The number of nitrogens with one attached hydrogen (secondary N) is 2. The molecule has 1 amide bonds. The van der Waals surface area contributed by atoms with Gasteiger partial charge in [-0.1, -0.05) is 24.6 Å². The number of hydrogen-bond donors (Lipinski definition) is 2. The van der Waals surface area contributed by atoms with Crippen LogP contribution in [0.1, 0.15) is 25.1 Å². The summed E-state index contributed by atoms with van der Waals surface area (Å²) in [6, 6.07) is 9.78. The van der Waals surface area contributed by atoms with Gasteiger partial charge in [0.05, 0.1) is 12.6 Å². The van der Waals surface area contributed by atoms with E-state index in [2.05, 4.69) is 20.8 Å². The van der Waals surface area contributed by atoms with Gasteiger partial charge in [-0.25, -0.2) is 0 Å². The zero-order valence-corrected chi connectivity index (χ0v) is 11.8. The molecule has 2 heterocycles. The van der Waals surface area contributed by atoms with Crippen LogP contribution in [0, 0.1) is 0 Å². The van der Waals surface area contributed by atoms with Crippen molar-refractivity contribution in [2.75, 3.05) is 6.54 Å². The van der Waals surface area contributed by atoms with Crippen molar-refractivity contribution in [2.24, 2.45) is 0 Å². The number of carbonyl (C=O) groups excluding carboxylic acids is 1. The fourth-order valence-electron chi connectivity index (χ4n) is 2.55. The van der Waals surface area contributed by atoms with Crippen LogP contribution < -0.4 is 10.6 Å². The lowest BCUT2D eigenvalue weighted by molar-refractivity contribution is -0.123. The average molecular weight is 285 g/mol. The molecule has 0 saturated carbocycles. The molecule has 1 aromatic carbocycles. The van der Waals surface area contributed by atoms with Gasteiger partial charge in [0.15, 0.2) is 5.82 Å². The van der Waals surface area contributed by atoms with Gasteiger partial charge in [-0.3, -0.25) is 9.36 Å². The largest absolute Gasteiger partial charge is 0.347 e. The van der Waals surface area contributed by atoms with Gasteiger partial charge in [-0.15, -0.1) is 10.2 Å². The Hall–Kier alpha value is -2.21. The Morgan fingerprint density at radius 3 is 2.95 bits per heavy atom. The van der Waals surface area contributed by atoms with Crippen LogP contribution in [0.2, 0.25) is 0 Å². The normalized spacial score (nSPS) is 18.4. The van der Waals surface area contributed by atoms with Gasteiger partial charge < -0.3 is 10.6 Å². The van der Waals surface area contributed by atoms with Gasteiger partial charge >= 0.3 is 0 Å². The van der Waals surface area contributed by atoms with Crippen molar-refractivity contribution in [2.45, 2.75) is 31.8 Å². The smallest absolute Gasteiger partial charge is 0.237 e. The molecule has 1 atom stereocenters. The van der Waals surface area contributed by atoms with Crippen molar-refractivity contribution in [1.29, 1.82) is 0 Å². The molecule has 1 aromatic heterocycles. The van der Waals surface area contributed by atoms with Crippen LogP contribution in [0.25, 0.3) is 5.69 Å². The molecule has 2 aromatic rings. The lowest BCUT2D eigenvalue weighted by Gasteiger charge is -2.22. The molecule has 1 aliphatic rings. The first-order valence-corrected chi connectivity index (χ1v) is 7.30. The molecule has 1 unspecified atom stereocenters. The lowest BCUT2D eigenvalue weighted by atomic mass is 10.0. The van der Waals surface area contributed by atoms with E-state index in [1.807, 2.05) is 34.9 Å². The van der Waals surface area contributed by atoms with E-state index < -0.39 is 0 Å². The SMILES string of the molecule is O=C(NCc1nncn1-c1ccccc1)C1CCCCN1. The van der Waals surface area contributed by atoms with Gasteiger partial charge in [-0.2, -0.15) is 0 Å². The zero-order chi connectivity index (χ0) is 14.5. The number of carbonyl (C=O) groups is 1. The Bertz CT molecular complexity index is 589. The number of piperidine rings is 1. The number of nitrogens with zero attached hydrogens (tertiary/aromatic N) is 3. The number of aromatic nitrogens is 3. The summed E-state index contributed by atoms with van der Waals surface area (Å²) in [5.41, 5.74) is 0.988. The molecule has 2 N–H and O–H groups in total. The molecular weight excluding hydrogens is 266 g/mol. The Kier molecular flexibility index (Phi) is 4.25. The molecule has 0 aliphatic carbocycles. The van der Waals surface area contributed by atoms with Crippen LogP contribution >= 0.6 is 0 Å².